The Hall–Kier alpha value is -2.13. The van der Waals surface area contributed by atoms with Gasteiger partial charge in [0.25, 0.3) is 10.1 Å². The van der Waals surface area contributed by atoms with Crippen LogP contribution in [0.25, 0.3) is 0 Å². The largest absolute Gasteiger partial charge is 0.513 e. The molecule has 9 heteroatoms. The molecule has 0 atom stereocenters. The Morgan fingerprint density at radius 3 is 2.07 bits per heavy atom. The van der Waals surface area contributed by atoms with Crippen LogP contribution in [0.3, 0.4) is 0 Å². The SMILES string of the molecule is CCCCCCCCCC(=O)OCCOC(=O)Oc1ccc(S(=O)(=O)O)cc1. The van der Waals surface area contributed by atoms with E-state index < -0.39 is 16.3 Å². The van der Waals surface area contributed by atoms with Gasteiger partial charge in [0.1, 0.15) is 19.0 Å². The molecule has 1 N–H and O–H groups in total. The summed E-state index contributed by atoms with van der Waals surface area (Å²) in [5.74, 6) is -0.278. The van der Waals surface area contributed by atoms with Crippen LogP contribution in [0.5, 0.6) is 5.75 Å². The summed E-state index contributed by atoms with van der Waals surface area (Å²) in [7, 11) is -4.31. The fourth-order valence-electron chi connectivity index (χ4n) is 2.38. The Kier molecular flexibility index (Phi) is 11.2. The van der Waals surface area contributed by atoms with Crippen molar-refractivity contribution < 1.29 is 36.8 Å². The number of esters is 1. The Morgan fingerprint density at radius 1 is 0.893 bits per heavy atom. The van der Waals surface area contributed by atoms with E-state index in [0.717, 1.165) is 31.4 Å². The highest BCUT2D eigenvalue weighted by Crippen LogP contribution is 2.16. The smallest absolute Gasteiger partial charge is 0.462 e. The van der Waals surface area contributed by atoms with Gasteiger partial charge in [0, 0.05) is 6.42 Å². The van der Waals surface area contributed by atoms with E-state index in [4.69, 9.17) is 18.8 Å². The monoisotopic (exact) mass is 416 g/mol. The molecular formula is C19H28O8S. The molecule has 0 amide bonds. The second-order valence-electron chi connectivity index (χ2n) is 6.24. The predicted octanol–water partition coefficient (Wildman–Crippen LogP) is 4.13. The van der Waals surface area contributed by atoms with Gasteiger partial charge in [-0.1, -0.05) is 45.4 Å². The summed E-state index contributed by atoms with van der Waals surface area (Å²) >= 11 is 0. The van der Waals surface area contributed by atoms with Crippen LogP contribution in [0.4, 0.5) is 4.79 Å². The quantitative estimate of drug-likeness (QED) is 0.221. The molecule has 0 aliphatic carbocycles. The third-order valence-electron chi connectivity index (χ3n) is 3.87. The summed E-state index contributed by atoms with van der Waals surface area (Å²) in [5.41, 5.74) is 0. The van der Waals surface area contributed by atoms with Crippen molar-refractivity contribution in [1.29, 1.82) is 0 Å². The van der Waals surface area contributed by atoms with Crippen molar-refractivity contribution in [2.24, 2.45) is 0 Å². The van der Waals surface area contributed by atoms with E-state index in [0.29, 0.717) is 6.42 Å². The Balaban J connectivity index is 2.10. The Morgan fingerprint density at radius 2 is 1.46 bits per heavy atom. The lowest BCUT2D eigenvalue weighted by molar-refractivity contribution is -0.144. The van der Waals surface area contributed by atoms with Crippen LogP contribution < -0.4 is 4.74 Å². The van der Waals surface area contributed by atoms with Crippen molar-refractivity contribution in [2.45, 2.75) is 63.2 Å². The Labute approximate surface area is 165 Å². The summed E-state index contributed by atoms with van der Waals surface area (Å²) in [6.45, 7) is 1.96. The van der Waals surface area contributed by atoms with E-state index in [9.17, 15) is 18.0 Å². The molecule has 0 heterocycles. The third kappa shape index (κ3) is 10.9. The maximum Gasteiger partial charge on any atom is 0.513 e. The van der Waals surface area contributed by atoms with Crippen LogP contribution in [0, 0.1) is 0 Å². The van der Waals surface area contributed by atoms with Crippen molar-refractivity contribution in [3.63, 3.8) is 0 Å². The molecule has 0 saturated heterocycles. The van der Waals surface area contributed by atoms with E-state index in [1.165, 1.54) is 37.8 Å². The third-order valence-corrected chi connectivity index (χ3v) is 4.74. The number of ether oxygens (including phenoxy) is 3. The van der Waals surface area contributed by atoms with Crippen LogP contribution in [0.2, 0.25) is 0 Å². The second-order valence-corrected chi connectivity index (χ2v) is 7.66. The summed E-state index contributed by atoms with van der Waals surface area (Å²) in [5, 5.41) is 0. The molecule has 158 valence electrons. The van der Waals surface area contributed by atoms with Gasteiger partial charge < -0.3 is 14.2 Å². The molecule has 0 unspecified atom stereocenters. The van der Waals surface area contributed by atoms with Crippen LogP contribution in [-0.4, -0.2) is 38.3 Å². The average Bonchev–Trinajstić information content (AvgIpc) is 2.64. The van der Waals surface area contributed by atoms with Gasteiger partial charge in [-0.3, -0.25) is 9.35 Å². The summed E-state index contributed by atoms with van der Waals surface area (Å²) < 4.78 is 45.3. The number of benzene rings is 1. The maximum atomic E-state index is 11.6. The minimum atomic E-state index is -4.31. The standard InChI is InChI=1S/C19H28O8S/c1-2-3-4-5-6-7-8-9-18(20)25-14-15-26-19(21)27-16-10-12-17(13-11-16)28(22,23)24/h10-13H,2-9,14-15H2,1H3,(H,22,23,24). The van der Waals surface area contributed by atoms with Gasteiger partial charge >= 0.3 is 12.1 Å². The van der Waals surface area contributed by atoms with Crippen LogP contribution in [-0.2, 0) is 24.4 Å². The molecule has 0 radical (unpaired) electrons. The zero-order valence-electron chi connectivity index (χ0n) is 16.1. The molecule has 0 fully saturated rings. The highest BCUT2D eigenvalue weighted by molar-refractivity contribution is 7.85. The normalized spacial score (nSPS) is 11.1. The lowest BCUT2D eigenvalue weighted by atomic mass is 10.1. The molecule has 0 aromatic heterocycles. The Bertz CT molecular complexity index is 697. The number of carbonyl (C=O) groups is 2. The van der Waals surface area contributed by atoms with Gasteiger partial charge in [0.15, 0.2) is 0 Å². The zero-order valence-corrected chi connectivity index (χ0v) is 16.9. The molecule has 8 nitrogen and oxygen atoms in total. The average molecular weight is 416 g/mol. The van der Waals surface area contributed by atoms with Crippen molar-refractivity contribution in [1.82, 2.24) is 0 Å². The van der Waals surface area contributed by atoms with Crippen LogP contribution in [0.1, 0.15) is 58.3 Å². The molecule has 1 aromatic rings. The van der Waals surface area contributed by atoms with Crippen molar-refractivity contribution in [3.8, 4) is 5.75 Å². The minimum Gasteiger partial charge on any atom is -0.462 e. The van der Waals surface area contributed by atoms with Gasteiger partial charge in [-0.25, -0.2) is 4.79 Å². The lowest BCUT2D eigenvalue weighted by Gasteiger charge is -2.07. The first-order valence-electron chi connectivity index (χ1n) is 9.40. The molecule has 0 aliphatic rings. The van der Waals surface area contributed by atoms with E-state index in [-0.39, 0.29) is 29.8 Å². The van der Waals surface area contributed by atoms with Crippen molar-refractivity contribution in [3.05, 3.63) is 24.3 Å². The summed E-state index contributed by atoms with van der Waals surface area (Å²) in [6.07, 6.45) is 7.12. The summed E-state index contributed by atoms with van der Waals surface area (Å²) in [4.78, 5) is 22.8. The van der Waals surface area contributed by atoms with Gasteiger partial charge in [0.2, 0.25) is 0 Å². The van der Waals surface area contributed by atoms with E-state index in [2.05, 4.69) is 6.92 Å². The van der Waals surface area contributed by atoms with Gasteiger partial charge in [-0.15, -0.1) is 0 Å². The number of hydrogen-bond acceptors (Lipinski definition) is 7. The minimum absolute atomic E-state index is 0.0494. The second kappa shape index (κ2) is 13.1. The number of hydrogen-bond donors (Lipinski definition) is 1. The van der Waals surface area contributed by atoms with Crippen molar-refractivity contribution in [2.75, 3.05) is 13.2 Å². The topological polar surface area (TPSA) is 116 Å². The maximum absolute atomic E-state index is 11.6. The fraction of sp³-hybridized carbons (Fsp3) is 0.579. The number of carbonyl (C=O) groups excluding carboxylic acids is 2. The molecule has 1 rings (SSSR count). The summed E-state index contributed by atoms with van der Waals surface area (Å²) in [6, 6.07) is 4.58. The van der Waals surface area contributed by atoms with Gasteiger partial charge in [0.05, 0.1) is 4.90 Å². The molecule has 0 spiro atoms. The first-order chi connectivity index (χ1) is 13.3. The molecule has 0 aliphatic heterocycles. The molecule has 1 aromatic carbocycles. The highest BCUT2D eigenvalue weighted by Gasteiger charge is 2.11. The first-order valence-corrected chi connectivity index (χ1v) is 10.8. The van der Waals surface area contributed by atoms with E-state index in [1.54, 1.807) is 0 Å². The first kappa shape index (κ1) is 23.9. The van der Waals surface area contributed by atoms with Gasteiger partial charge in [-0.2, -0.15) is 8.42 Å². The number of unbranched alkanes of at least 4 members (excludes halogenated alkanes) is 6. The number of rotatable bonds is 13. The lowest BCUT2D eigenvalue weighted by Crippen LogP contribution is -2.16. The highest BCUT2D eigenvalue weighted by atomic mass is 32.2. The van der Waals surface area contributed by atoms with Crippen molar-refractivity contribution >= 4 is 22.2 Å². The molecule has 28 heavy (non-hydrogen) atoms. The van der Waals surface area contributed by atoms with Crippen LogP contribution in [0.15, 0.2) is 29.2 Å². The molecule has 0 bridgehead atoms. The van der Waals surface area contributed by atoms with Crippen LogP contribution >= 0.6 is 0 Å². The van der Waals surface area contributed by atoms with E-state index >= 15 is 0 Å². The fourth-order valence-corrected chi connectivity index (χ4v) is 2.86. The predicted molar refractivity (Wildman–Crippen MR) is 102 cm³/mol. The van der Waals surface area contributed by atoms with Gasteiger partial charge in [-0.05, 0) is 30.7 Å². The molecular weight excluding hydrogens is 388 g/mol. The molecule has 0 saturated carbocycles. The zero-order chi connectivity index (χ0) is 20.8. The van der Waals surface area contributed by atoms with E-state index in [1.807, 2.05) is 0 Å².